The quantitative estimate of drug-likeness (QED) is 0.249. The molecule has 10 heteroatoms. The Labute approximate surface area is 278 Å². The third-order valence-corrected chi connectivity index (χ3v) is 12.5. The van der Waals surface area contributed by atoms with Crippen molar-refractivity contribution in [3.05, 3.63) is 35.9 Å². The van der Waals surface area contributed by atoms with Crippen molar-refractivity contribution in [2.24, 2.45) is 40.4 Å². The van der Waals surface area contributed by atoms with Crippen molar-refractivity contribution in [1.82, 2.24) is 10.6 Å². The van der Waals surface area contributed by atoms with E-state index in [-0.39, 0.29) is 23.4 Å². The van der Waals surface area contributed by atoms with Crippen molar-refractivity contribution >= 4 is 29.7 Å². The molecule has 47 heavy (non-hydrogen) atoms. The zero-order valence-electron chi connectivity index (χ0n) is 28.6. The van der Waals surface area contributed by atoms with E-state index in [2.05, 4.69) is 24.5 Å². The van der Waals surface area contributed by atoms with Crippen molar-refractivity contribution in [3.63, 3.8) is 0 Å². The van der Waals surface area contributed by atoms with Gasteiger partial charge in [0.2, 0.25) is 5.91 Å². The van der Waals surface area contributed by atoms with Gasteiger partial charge in [0.25, 0.3) is 0 Å². The SMILES string of the molecule is CC(=O)[C@H]1CC[C@H]2[C@@H]3CC[C@H]4C[C@](C)(OC(=O)COC(=O)CNC(=O)[C@H](C)NC(=O)OCc5ccccc5)CC[C@]4(C)[C@H]3CC[C@]12C. The van der Waals surface area contributed by atoms with E-state index in [9.17, 15) is 24.0 Å². The van der Waals surface area contributed by atoms with Crippen LogP contribution in [0.25, 0.3) is 0 Å². The van der Waals surface area contributed by atoms with E-state index in [0.717, 1.165) is 44.1 Å². The van der Waals surface area contributed by atoms with E-state index >= 15 is 0 Å². The molecule has 0 heterocycles. The molecule has 4 aliphatic carbocycles. The molecule has 0 aliphatic heterocycles. The number of alkyl carbamates (subject to hydrolysis) is 1. The number of ether oxygens (including phenoxy) is 3. The molecular weight excluding hydrogens is 600 g/mol. The monoisotopic (exact) mass is 652 g/mol. The number of fused-ring (bicyclic) bond motifs is 5. The molecule has 0 spiro atoms. The molecule has 4 aliphatic rings. The highest BCUT2D eigenvalue weighted by molar-refractivity contribution is 5.88. The van der Waals surface area contributed by atoms with Crippen molar-refractivity contribution in [2.45, 2.75) is 111 Å². The Morgan fingerprint density at radius 2 is 1.57 bits per heavy atom. The summed E-state index contributed by atoms with van der Waals surface area (Å²) < 4.78 is 16.2. The van der Waals surface area contributed by atoms with Gasteiger partial charge in [-0.15, -0.1) is 0 Å². The summed E-state index contributed by atoms with van der Waals surface area (Å²) in [4.78, 5) is 61.9. The Morgan fingerprint density at radius 3 is 2.30 bits per heavy atom. The van der Waals surface area contributed by atoms with Gasteiger partial charge in [-0.05, 0) is 119 Å². The van der Waals surface area contributed by atoms with Gasteiger partial charge >= 0.3 is 18.0 Å². The number of amides is 2. The fourth-order valence-electron chi connectivity index (χ4n) is 9.99. The molecule has 1 aromatic rings. The molecule has 4 saturated carbocycles. The average Bonchev–Trinajstić information content (AvgIpc) is 3.40. The van der Waals surface area contributed by atoms with E-state index in [1.807, 2.05) is 37.3 Å². The van der Waals surface area contributed by atoms with Crippen LogP contribution in [0.4, 0.5) is 4.79 Å². The minimum absolute atomic E-state index is 0.0624. The van der Waals surface area contributed by atoms with Gasteiger partial charge in [0.05, 0.1) is 0 Å². The van der Waals surface area contributed by atoms with Crippen molar-refractivity contribution in [1.29, 1.82) is 0 Å². The zero-order chi connectivity index (χ0) is 34.0. The Hall–Kier alpha value is -3.43. The molecule has 2 amide bonds. The van der Waals surface area contributed by atoms with E-state index < -0.39 is 48.7 Å². The van der Waals surface area contributed by atoms with Crippen LogP contribution in [0.3, 0.4) is 0 Å². The third kappa shape index (κ3) is 7.51. The summed E-state index contributed by atoms with van der Waals surface area (Å²) >= 11 is 0. The molecule has 9 atom stereocenters. The summed E-state index contributed by atoms with van der Waals surface area (Å²) in [6.07, 6.45) is 8.55. The summed E-state index contributed by atoms with van der Waals surface area (Å²) in [6, 6.07) is 8.19. The minimum atomic E-state index is -0.947. The van der Waals surface area contributed by atoms with Crippen molar-refractivity contribution < 1.29 is 38.2 Å². The molecule has 0 aromatic heterocycles. The van der Waals surface area contributed by atoms with Gasteiger partial charge in [-0.25, -0.2) is 9.59 Å². The van der Waals surface area contributed by atoms with Crippen LogP contribution in [0.15, 0.2) is 30.3 Å². The van der Waals surface area contributed by atoms with Crippen LogP contribution in [-0.4, -0.2) is 54.5 Å². The van der Waals surface area contributed by atoms with E-state index in [4.69, 9.17) is 14.2 Å². The molecule has 0 radical (unpaired) electrons. The molecule has 4 fully saturated rings. The lowest BCUT2D eigenvalue weighted by atomic mass is 9.44. The van der Waals surface area contributed by atoms with E-state index in [1.54, 1.807) is 6.92 Å². The number of ketones is 1. The Balaban J connectivity index is 1.03. The number of nitrogens with one attached hydrogen (secondary N) is 2. The number of carbonyl (C=O) groups is 5. The normalized spacial score (nSPS) is 34.8. The van der Waals surface area contributed by atoms with Crippen LogP contribution in [0.5, 0.6) is 0 Å². The van der Waals surface area contributed by atoms with Gasteiger partial charge < -0.3 is 24.8 Å². The number of benzene rings is 1. The maximum absolute atomic E-state index is 12.8. The number of rotatable bonds is 10. The maximum Gasteiger partial charge on any atom is 0.408 e. The molecule has 10 nitrogen and oxygen atoms in total. The van der Waals surface area contributed by atoms with Crippen LogP contribution in [0, 0.1) is 40.4 Å². The Bertz CT molecular complexity index is 1350. The lowest BCUT2D eigenvalue weighted by Gasteiger charge is -2.62. The van der Waals surface area contributed by atoms with Gasteiger partial charge in [-0.2, -0.15) is 0 Å². The van der Waals surface area contributed by atoms with Gasteiger partial charge in [-0.1, -0.05) is 44.2 Å². The van der Waals surface area contributed by atoms with Crippen LogP contribution >= 0.6 is 0 Å². The van der Waals surface area contributed by atoms with E-state index in [0.29, 0.717) is 29.5 Å². The molecule has 5 rings (SSSR count). The summed E-state index contributed by atoms with van der Waals surface area (Å²) in [7, 11) is 0. The predicted molar refractivity (Wildman–Crippen MR) is 174 cm³/mol. The number of esters is 2. The number of Topliss-reactive ketones (excluding diaryl/α,β-unsaturated/α-hetero) is 1. The summed E-state index contributed by atoms with van der Waals surface area (Å²) in [5.74, 6) is 0.973. The second-order valence-corrected chi connectivity index (χ2v) is 15.4. The topological polar surface area (TPSA) is 137 Å². The highest BCUT2D eigenvalue weighted by Crippen LogP contribution is 2.68. The van der Waals surface area contributed by atoms with Crippen molar-refractivity contribution in [2.75, 3.05) is 13.2 Å². The Kier molecular flexibility index (Phi) is 10.4. The van der Waals surface area contributed by atoms with Crippen molar-refractivity contribution in [3.8, 4) is 0 Å². The lowest BCUT2D eigenvalue weighted by molar-refractivity contribution is -0.186. The first kappa shape index (κ1) is 34.9. The molecule has 258 valence electrons. The van der Waals surface area contributed by atoms with Gasteiger partial charge in [0.15, 0.2) is 6.61 Å². The lowest BCUT2D eigenvalue weighted by Crippen LogP contribution is -2.56. The smallest absolute Gasteiger partial charge is 0.408 e. The first-order valence-electron chi connectivity index (χ1n) is 17.4. The summed E-state index contributed by atoms with van der Waals surface area (Å²) in [5.41, 5.74) is 0.521. The summed E-state index contributed by atoms with van der Waals surface area (Å²) in [5, 5.41) is 4.82. The van der Waals surface area contributed by atoms with Crippen LogP contribution in [-0.2, 0) is 40.0 Å². The van der Waals surface area contributed by atoms with Gasteiger partial charge in [0.1, 0.15) is 30.6 Å². The number of hydrogen-bond acceptors (Lipinski definition) is 8. The standard InChI is InChI=1S/C37H52N2O8/c1-23(39-34(44)46-21-25-9-7-6-8-10-25)33(43)38-20-31(41)45-22-32(42)47-35(3)17-18-36(4)26(19-35)11-12-27-29-14-13-28(24(2)40)37(29,5)16-15-30(27)36/h6-10,23,26-30H,11-22H2,1-5H3,(H,38,43)(H,39,44)/t23-,26-,27-,28+,29-,30-,35+,36-,37+/m0/s1. The molecule has 0 unspecified atom stereocenters. The highest BCUT2D eigenvalue weighted by Gasteiger charge is 2.61. The van der Waals surface area contributed by atoms with Crippen LogP contribution in [0.2, 0.25) is 0 Å². The van der Waals surface area contributed by atoms with Gasteiger partial charge in [0, 0.05) is 5.92 Å². The molecule has 2 N–H and O–H groups in total. The third-order valence-electron chi connectivity index (χ3n) is 12.5. The highest BCUT2D eigenvalue weighted by atomic mass is 16.6. The second-order valence-electron chi connectivity index (χ2n) is 15.4. The predicted octanol–water partition coefficient (Wildman–Crippen LogP) is 5.51. The first-order chi connectivity index (χ1) is 22.2. The van der Waals surface area contributed by atoms with Gasteiger partial charge in [-0.3, -0.25) is 14.4 Å². The fraction of sp³-hybridized carbons (Fsp3) is 0.703. The Morgan fingerprint density at radius 1 is 0.851 bits per heavy atom. The van der Waals surface area contributed by atoms with E-state index in [1.165, 1.54) is 26.2 Å². The second kappa shape index (κ2) is 14.0. The van der Waals surface area contributed by atoms with Crippen LogP contribution < -0.4 is 10.6 Å². The molecule has 0 saturated heterocycles. The maximum atomic E-state index is 12.8. The van der Waals surface area contributed by atoms with Crippen LogP contribution in [0.1, 0.15) is 98.0 Å². The molecule has 1 aromatic carbocycles. The largest absolute Gasteiger partial charge is 0.457 e. The fourth-order valence-corrected chi connectivity index (χ4v) is 9.99. The number of hydrogen-bond donors (Lipinski definition) is 2. The average molecular weight is 653 g/mol. The molecular formula is C37H52N2O8. The zero-order valence-corrected chi connectivity index (χ0v) is 28.6. The minimum Gasteiger partial charge on any atom is -0.457 e. The molecule has 0 bridgehead atoms. The first-order valence-corrected chi connectivity index (χ1v) is 17.4. The summed E-state index contributed by atoms with van der Waals surface area (Å²) in [6.45, 7) is 9.14. The number of carbonyl (C=O) groups excluding carboxylic acids is 5.